The van der Waals surface area contributed by atoms with Gasteiger partial charge in [-0.05, 0) is 12.0 Å². The number of rotatable bonds is 1. The normalized spacial score (nSPS) is 29.4. The van der Waals surface area contributed by atoms with E-state index in [1.54, 1.807) is 6.26 Å². The molecular weight excluding hydrogens is 240 g/mol. The largest absolute Gasteiger partial charge is 0.434 e. The Bertz CT molecular complexity index is 552. The highest BCUT2D eigenvalue weighted by molar-refractivity contribution is 5.75. The molecule has 0 aromatic carbocycles. The van der Waals surface area contributed by atoms with Crippen LogP contribution in [0.1, 0.15) is 6.42 Å². The first-order valence-corrected chi connectivity index (χ1v) is 6.33. The molecule has 4 nitrogen and oxygen atoms in total. The van der Waals surface area contributed by atoms with Crippen LogP contribution in [0.25, 0.3) is 0 Å². The second-order valence-corrected chi connectivity index (χ2v) is 4.62. The van der Waals surface area contributed by atoms with Crippen LogP contribution < -0.4 is 5.73 Å². The molecule has 0 radical (unpaired) electrons. The van der Waals surface area contributed by atoms with E-state index in [0.29, 0.717) is 13.2 Å². The van der Waals surface area contributed by atoms with Crippen LogP contribution in [0.15, 0.2) is 64.9 Å². The molecule has 2 aliphatic heterocycles. The lowest BCUT2D eigenvalue weighted by atomic mass is 9.79. The number of fused-ring (bicyclic) bond motifs is 1. The van der Waals surface area contributed by atoms with E-state index in [0.717, 1.165) is 17.6 Å². The fraction of sp³-hybridized carbons (Fsp3) is 0.267. The minimum Gasteiger partial charge on any atom is -0.434 e. The van der Waals surface area contributed by atoms with Gasteiger partial charge in [-0.2, -0.15) is 0 Å². The summed E-state index contributed by atoms with van der Waals surface area (Å²) in [7, 11) is 0. The van der Waals surface area contributed by atoms with Gasteiger partial charge in [-0.1, -0.05) is 42.5 Å². The van der Waals surface area contributed by atoms with Crippen molar-refractivity contribution in [3.8, 4) is 0 Å². The van der Waals surface area contributed by atoms with Crippen LogP contribution in [0.2, 0.25) is 0 Å². The molecule has 1 saturated heterocycles. The van der Waals surface area contributed by atoms with Crippen LogP contribution in [0.5, 0.6) is 0 Å². The molecule has 1 aliphatic carbocycles. The predicted molar refractivity (Wildman–Crippen MR) is 74.5 cm³/mol. The van der Waals surface area contributed by atoms with Gasteiger partial charge < -0.3 is 15.2 Å². The average Bonchev–Trinajstić information content (AvgIpc) is 2.37. The van der Waals surface area contributed by atoms with E-state index in [-0.39, 0.29) is 6.02 Å². The maximum absolute atomic E-state index is 5.75. The zero-order valence-electron chi connectivity index (χ0n) is 10.6. The fourth-order valence-corrected chi connectivity index (χ4v) is 2.48. The van der Waals surface area contributed by atoms with Gasteiger partial charge in [0.1, 0.15) is 5.54 Å². The average molecular weight is 256 g/mol. The number of hydrogen-bond acceptors (Lipinski definition) is 4. The van der Waals surface area contributed by atoms with Gasteiger partial charge in [0.15, 0.2) is 0 Å². The van der Waals surface area contributed by atoms with Crippen molar-refractivity contribution in [3.05, 3.63) is 59.9 Å². The number of amidine groups is 1. The first-order valence-electron chi connectivity index (χ1n) is 6.33. The molecule has 0 aromatic rings. The van der Waals surface area contributed by atoms with Gasteiger partial charge >= 0.3 is 0 Å². The van der Waals surface area contributed by atoms with Crippen molar-refractivity contribution >= 4 is 6.02 Å². The zero-order valence-corrected chi connectivity index (χ0v) is 10.6. The summed E-state index contributed by atoms with van der Waals surface area (Å²) in [5.74, 6) is 0. The molecule has 0 spiro atoms. The van der Waals surface area contributed by atoms with Crippen molar-refractivity contribution in [1.29, 1.82) is 0 Å². The molecule has 3 rings (SSSR count). The van der Waals surface area contributed by atoms with Gasteiger partial charge in [0.05, 0.1) is 19.5 Å². The lowest BCUT2D eigenvalue weighted by Crippen LogP contribution is -2.45. The molecule has 1 atom stereocenters. The number of hydrogen-bond donors (Lipinski definition) is 1. The molecule has 0 saturated carbocycles. The number of aliphatic imine (C=N–C) groups is 1. The van der Waals surface area contributed by atoms with E-state index in [1.165, 1.54) is 0 Å². The number of nitrogens with two attached hydrogens (primary N) is 1. The Balaban J connectivity index is 2.07. The summed E-state index contributed by atoms with van der Waals surface area (Å²) in [6, 6.07) is 0.185. The summed E-state index contributed by atoms with van der Waals surface area (Å²) in [6.45, 7) is 1.19. The number of allylic oxidation sites excluding steroid dienone is 6. The van der Waals surface area contributed by atoms with Gasteiger partial charge in [-0.3, -0.25) is 0 Å². The van der Waals surface area contributed by atoms with Gasteiger partial charge in [0.2, 0.25) is 0 Å². The van der Waals surface area contributed by atoms with Crippen molar-refractivity contribution in [1.82, 2.24) is 0 Å². The molecule has 19 heavy (non-hydrogen) atoms. The first-order chi connectivity index (χ1) is 9.31. The maximum atomic E-state index is 5.75. The summed E-state index contributed by atoms with van der Waals surface area (Å²) in [6.07, 6.45) is 16.6. The minimum atomic E-state index is -0.535. The number of ether oxygens (including phenoxy) is 2. The van der Waals surface area contributed by atoms with Crippen LogP contribution in [0.4, 0.5) is 0 Å². The molecule has 4 heteroatoms. The Hall–Kier alpha value is -2.07. The smallest absolute Gasteiger partial charge is 0.288 e. The quantitative estimate of drug-likeness (QED) is 0.780. The highest BCUT2D eigenvalue weighted by Crippen LogP contribution is 2.38. The monoisotopic (exact) mass is 256 g/mol. The van der Waals surface area contributed by atoms with Crippen molar-refractivity contribution in [2.24, 2.45) is 10.7 Å². The fourth-order valence-electron chi connectivity index (χ4n) is 2.48. The lowest BCUT2D eigenvalue weighted by Gasteiger charge is -2.38. The highest BCUT2D eigenvalue weighted by atomic mass is 16.5. The third-order valence-corrected chi connectivity index (χ3v) is 3.45. The van der Waals surface area contributed by atoms with E-state index in [1.807, 2.05) is 42.5 Å². The van der Waals surface area contributed by atoms with Crippen molar-refractivity contribution in [2.45, 2.75) is 12.0 Å². The molecule has 2 heterocycles. The van der Waals surface area contributed by atoms with Crippen molar-refractivity contribution < 1.29 is 9.47 Å². The van der Waals surface area contributed by atoms with E-state index >= 15 is 0 Å². The van der Waals surface area contributed by atoms with E-state index in [9.17, 15) is 0 Å². The Labute approximate surface area is 112 Å². The van der Waals surface area contributed by atoms with Crippen LogP contribution in [-0.2, 0) is 9.47 Å². The van der Waals surface area contributed by atoms with E-state index in [2.05, 4.69) is 4.99 Å². The van der Waals surface area contributed by atoms with E-state index in [4.69, 9.17) is 15.2 Å². The van der Waals surface area contributed by atoms with Crippen LogP contribution >= 0.6 is 0 Å². The SMILES string of the molecule is NC1=NC2(C3=CC=CC=CC=C3)COCCC2=CO1. The summed E-state index contributed by atoms with van der Waals surface area (Å²) < 4.78 is 10.9. The third-order valence-electron chi connectivity index (χ3n) is 3.45. The molecule has 2 N–H and O–H groups in total. The van der Waals surface area contributed by atoms with E-state index < -0.39 is 5.54 Å². The second kappa shape index (κ2) is 4.90. The van der Waals surface area contributed by atoms with Gasteiger partial charge in [0.25, 0.3) is 6.02 Å². The molecule has 3 aliphatic rings. The van der Waals surface area contributed by atoms with Crippen LogP contribution in [-0.4, -0.2) is 24.8 Å². The van der Waals surface area contributed by atoms with Gasteiger partial charge in [0, 0.05) is 5.57 Å². The molecule has 0 aromatic heterocycles. The highest BCUT2D eigenvalue weighted by Gasteiger charge is 2.42. The molecule has 1 fully saturated rings. The van der Waals surface area contributed by atoms with Gasteiger partial charge in [-0.15, -0.1) is 0 Å². The Kier molecular flexibility index (Phi) is 3.09. The lowest BCUT2D eigenvalue weighted by molar-refractivity contribution is 0.0786. The molecule has 98 valence electrons. The summed E-state index contributed by atoms with van der Waals surface area (Å²) >= 11 is 0. The summed E-state index contributed by atoms with van der Waals surface area (Å²) in [5.41, 5.74) is 7.39. The minimum absolute atomic E-state index is 0.185. The van der Waals surface area contributed by atoms with Crippen molar-refractivity contribution in [3.63, 3.8) is 0 Å². The summed E-state index contributed by atoms with van der Waals surface area (Å²) in [5, 5.41) is 0. The Morgan fingerprint density at radius 3 is 2.95 bits per heavy atom. The van der Waals surface area contributed by atoms with Crippen LogP contribution in [0.3, 0.4) is 0 Å². The molecule has 0 amide bonds. The predicted octanol–water partition coefficient (Wildman–Crippen LogP) is 1.98. The zero-order chi connectivity index (χ0) is 13.1. The molecule has 1 unspecified atom stereocenters. The maximum Gasteiger partial charge on any atom is 0.288 e. The van der Waals surface area contributed by atoms with Crippen molar-refractivity contribution in [2.75, 3.05) is 13.2 Å². The Morgan fingerprint density at radius 1 is 1.16 bits per heavy atom. The summed E-state index contributed by atoms with van der Waals surface area (Å²) in [4.78, 5) is 4.53. The topological polar surface area (TPSA) is 56.8 Å². The first kappa shape index (κ1) is 12.0. The number of nitrogens with zero attached hydrogens (tertiary/aromatic N) is 1. The molecule has 0 bridgehead atoms. The second-order valence-electron chi connectivity index (χ2n) is 4.62. The van der Waals surface area contributed by atoms with Crippen LogP contribution in [0, 0.1) is 0 Å². The third kappa shape index (κ3) is 2.15. The van der Waals surface area contributed by atoms with Gasteiger partial charge in [-0.25, -0.2) is 4.99 Å². The Morgan fingerprint density at radius 2 is 2.00 bits per heavy atom. The standard InChI is InChI=1S/C15H16N2O2/c16-14-17-15(11-18-9-8-13(15)10-19-14)12-6-4-2-1-3-5-7-12/h1-7,10H,8-9,11H2,(H2,16,17). The molecular formula is C15H16N2O2.